The molecule has 0 aliphatic rings. The number of anilines is 1. The molecule has 1 N–H and O–H groups in total. The number of hydrogen-bond donors (Lipinski definition) is 1. The molecule has 86 valence electrons. The minimum absolute atomic E-state index is 0.176. The zero-order valence-electron chi connectivity index (χ0n) is 8.85. The Morgan fingerprint density at radius 3 is 2.50 bits per heavy atom. The van der Waals surface area contributed by atoms with Crippen molar-refractivity contribution in [1.29, 1.82) is 0 Å². The van der Waals surface area contributed by atoms with Crippen molar-refractivity contribution in [1.82, 2.24) is 0 Å². The van der Waals surface area contributed by atoms with Crippen LogP contribution in [0.2, 0.25) is 0 Å². The first-order chi connectivity index (χ1) is 7.69. The van der Waals surface area contributed by atoms with Gasteiger partial charge in [-0.1, -0.05) is 12.1 Å². The molecule has 1 amide bonds. The van der Waals surface area contributed by atoms with Gasteiger partial charge >= 0.3 is 12.1 Å². The highest BCUT2D eigenvalue weighted by Crippen LogP contribution is 2.16. The van der Waals surface area contributed by atoms with Crippen molar-refractivity contribution in [2.24, 2.45) is 0 Å². The molecular formula is C10H11NO5. The summed E-state index contributed by atoms with van der Waals surface area (Å²) in [5.41, 5.74) is 0.464. The van der Waals surface area contributed by atoms with E-state index in [0.29, 0.717) is 0 Å². The van der Waals surface area contributed by atoms with E-state index in [4.69, 9.17) is 0 Å². The third kappa shape index (κ3) is 2.96. The third-order valence-electron chi connectivity index (χ3n) is 1.73. The standard InChI is InChI=1S/C10H11NO5/c1-14-10(13)11-8-6-4-3-5-7(8)9(12)16-15-2/h3-6H,1-2H3,(H,11,13). The maximum Gasteiger partial charge on any atom is 0.411 e. The third-order valence-corrected chi connectivity index (χ3v) is 1.73. The molecule has 0 unspecified atom stereocenters. The highest BCUT2D eigenvalue weighted by Gasteiger charge is 2.14. The van der Waals surface area contributed by atoms with Gasteiger partial charge in [0, 0.05) is 0 Å². The number of benzene rings is 1. The maximum absolute atomic E-state index is 11.4. The van der Waals surface area contributed by atoms with E-state index in [1.54, 1.807) is 18.2 Å². The number of ether oxygens (including phenoxy) is 1. The van der Waals surface area contributed by atoms with Crippen LogP contribution < -0.4 is 5.32 Å². The van der Waals surface area contributed by atoms with E-state index in [2.05, 4.69) is 19.8 Å². The Morgan fingerprint density at radius 1 is 1.19 bits per heavy atom. The molecule has 0 aliphatic carbocycles. The summed E-state index contributed by atoms with van der Waals surface area (Å²) in [6.07, 6.45) is -0.669. The molecule has 0 aliphatic heterocycles. The predicted octanol–water partition coefficient (Wildman–Crippen LogP) is 1.58. The SMILES string of the molecule is COOC(=O)c1ccccc1NC(=O)OC. The second-order valence-corrected chi connectivity index (χ2v) is 2.70. The fraction of sp³-hybridized carbons (Fsp3) is 0.200. The minimum Gasteiger partial charge on any atom is -0.453 e. The van der Waals surface area contributed by atoms with Crippen LogP contribution in [-0.2, 0) is 14.5 Å². The highest BCUT2D eigenvalue weighted by molar-refractivity contribution is 5.99. The molecule has 1 aromatic carbocycles. The van der Waals surface area contributed by atoms with Crippen LogP contribution >= 0.6 is 0 Å². The van der Waals surface area contributed by atoms with E-state index in [-0.39, 0.29) is 11.3 Å². The second-order valence-electron chi connectivity index (χ2n) is 2.70. The summed E-state index contributed by atoms with van der Waals surface area (Å²) < 4.78 is 4.42. The summed E-state index contributed by atoms with van der Waals surface area (Å²) in [5, 5.41) is 2.38. The fourth-order valence-electron chi connectivity index (χ4n) is 1.05. The number of amides is 1. The van der Waals surface area contributed by atoms with Crippen LogP contribution in [-0.4, -0.2) is 26.3 Å². The maximum atomic E-state index is 11.4. The Morgan fingerprint density at radius 2 is 1.88 bits per heavy atom. The molecule has 0 heterocycles. The fourth-order valence-corrected chi connectivity index (χ4v) is 1.05. The van der Waals surface area contributed by atoms with Gasteiger partial charge in [0.15, 0.2) is 0 Å². The smallest absolute Gasteiger partial charge is 0.411 e. The van der Waals surface area contributed by atoms with Gasteiger partial charge in [0.2, 0.25) is 0 Å². The lowest BCUT2D eigenvalue weighted by Crippen LogP contribution is -2.15. The van der Waals surface area contributed by atoms with Crippen molar-refractivity contribution in [3.05, 3.63) is 29.8 Å². The van der Waals surface area contributed by atoms with Crippen LogP contribution in [0.5, 0.6) is 0 Å². The predicted molar refractivity (Wildman–Crippen MR) is 54.9 cm³/mol. The summed E-state index contributed by atoms with van der Waals surface area (Å²) in [4.78, 5) is 31.0. The van der Waals surface area contributed by atoms with Gasteiger partial charge in [-0.3, -0.25) is 10.2 Å². The van der Waals surface area contributed by atoms with Crippen LogP contribution in [0.25, 0.3) is 0 Å². The zero-order chi connectivity index (χ0) is 12.0. The van der Waals surface area contributed by atoms with Crippen molar-refractivity contribution in [2.75, 3.05) is 19.5 Å². The van der Waals surface area contributed by atoms with E-state index < -0.39 is 12.1 Å². The Bertz CT molecular complexity index is 391. The zero-order valence-corrected chi connectivity index (χ0v) is 8.85. The lowest BCUT2D eigenvalue weighted by Gasteiger charge is -2.07. The average Bonchev–Trinajstić information content (AvgIpc) is 2.30. The first-order valence-corrected chi connectivity index (χ1v) is 4.38. The van der Waals surface area contributed by atoms with E-state index in [0.717, 1.165) is 0 Å². The molecule has 0 saturated carbocycles. The van der Waals surface area contributed by atoms with Gasteiger partial charge in [-0.2, -0.15) is 4.89 Å². The summed E-state index contributed by atoms with van der Waals surface area (Å²) in [7, 11) is 2.44. The normalized spacial score (nSPS) is 9.38. The molecule has 6 nitrogen and oxygen atoms in total. The first kappa shape index (κ1) is 12.0. The molecule has 0 bridgehead atoms. The number of carbonyl (C=O) groups excluding carboxylic acids is 2. The molecule has 16 heavy (non-hydrogen) atoms. The topological polar surface area (TPSA) is 73.9 Å². The molecule has 1 rings (SSSR count). The van der Waals surface area contributed by atoms with E-state index >= 15 is 0 Å². The number of nitrogens with one attached hydrogen (secondary N) is 1. The molecule has 0 atom stereocenters. The van der Waals surface area contributed by atoms with Crippen molar-refractivity contribution < 1.29 is 24.1 Å². The van der Waals surface area contributed by atoms with Crippen LogP contribution in [0.15, 0.2) is 24.3 Å². The largest absolute Gasteiger partial charge is 0.453 e. The van der Waals surface area contributed by atoms with Crippen LogP contribution in [0, 0.1) is 0 Å². The average molecular weight is 225 g/mol. The second kappa shape index (κ2) is 5.72. The van der Waals surface area contributed by atoms with Gasteiger partial charge in [-0.25, -0.2) is 9.59 Å². The van der Waals surface area contributed by atoms with Gasteiger partial charge in [0.05, 0.1) is 25.5 Å². The molecule has 0 spiro atoms. The lowest BCUT2D eigenvalue weighted by atomic mass is 10.2. The molecular weight excluding hydrogens is 214 g/mol. The van der Waals surface area contributed by atoms with Crippen molar-refractivity contribution in [3.8, 4) is 0 Å². The molecule has 6 heteroatoms. The first-order valence-electron chi connectivity index (χ1n) is 4.38. The summed E-state index contributed by atoms with van der Waals surface area (Å²) >= 11 is 0. The summed E-state index contributed by atoms with van der Waals surface area (Å²) in [5.74, 6) is -0.700. The quantitative estimate of drug-likeness (QED) is 0.624. The monoisotopic (exact) mass is 225 g/mol. The van der Waals surface area contributed by atoms with Gasteiger partial charge in [-0.15, -0.1) is 0 Å². The molecule has 0 saturated heterocycles. The molecule has 1 aromatic rings. The number of carbonyl (C=O) groups is 2. The van der Waals surface area contributed by atoms with Gasteiger partial charge in [-0.05, 0) is 12.1 Å². The number of methoxy groups -OCH3 is 1. The van der Waals surface area contributed by atoms with Crippen LogP contribution in [0.4, 0.5) is 10.5 Å². The number of para-hydroxylation sites is 1. The van der Waals surface area contributed by atoms with Gasteiger partial charge in [0.25, 0.3) is 0 Å². The lowest BCUT2D eigenvalue weighted by molar-refractivity contribution is -0.216. The molecule has 0 radical (unpaired) electrons. The van der Waals surface area contributed by atoms with Crippen molar-refractivity contribution in [2.45, 2.75) is 0 Å². The van der Waals surface area contributed by atoms with Gasteiger partial charge < -0.3 is 4.74 Å². The van der Waals surface area contributed by atoms with Crippen LogP contribution in [0.1, 0.15) is 10.4 Å². The highest BCUT2D eigenvalue weighted by atomic mass is 17.2. The van der Waals surface area contributed by atoms with E-state index in [1.807, 2.05) is 0 Å². The van der Waals surface area contributed by atoms with Crippen LogP contribution in [0.3, 0.4) is 0 Å². The minimum atomic E-state index is -0.700. The summed E-state index contributed by atoms with van der Waals surface area (Å²) in [6, 6.07) is 6.33. The van der Waals surface area contributed by atoms with E-state index in [1.165, 1.54) is 20.3 Å². The Balaban J connectivity index is 2.91. The van der Waals surface area contributed by atoms with Gasteiger partial charge in [0.1, 0.15) is 0 Å². The number of rotatable bonds is 3. The number of hydrogen-bond acceptors (Lipinski definition) is 5. The summed E-state index contributed by atoms with van der Waals surface area (Å²) in [6.45, 7) is 0. The molecule has 0 fully saturated rings. The van der Waals surface area contributed by atoms with Crippen molar-refractivity contribution in [3.63, 3.8) is 0 Å². The van der Waals surface area contributed by atoms with E-state index in [9.17, 15) is 9.59 Å². The Kier molecular flexibility index (Phi) is 4.28. The molecule has 0 aromatic heterocycles. The van der Waals surface area contributed by atoms with Crippen molar-refractivity contribution >= 4 is 17.7 Å². The Hall–Kier alpha value is -2.08. The Labute approximate surface area is 92.0 Å².